The van der Waals surface area contributed by atoms with Gasteiger partial charge in [0.2, 0.25) is 0 Å². The van der Waals surface area contributed by atoms with Crippen LogP contribution in [0.4, 0.5) is 14.5 Å². The van der Waals surface area contributed by atoms with Gasteiger partial charge in [-0.25, -0.2) is 13.8 Å². The molecule has 0 aliphatic carbocycles. The molecule has 4 nitrogen and oxygen atoms in total. The summed E-state index contributed by atoms with van der Waals surface area (Å²) in [4.78, 5) is 18.9. The normalized spacial score (nSPS) is 10.9. The fourth-order valence-corrected chi connectivity index (χ4v) is 2.04. The molecule has 0 fully saturated rings. The van der Waals surface area contributed by atoms with Crippen LogP contribution >= 0.6 is 0 Å². The molecule has 2 aromatic heterocycles. The molecule has 0 bridgehead atoms. The summed E-state index contributed by atoms with van der Waals surface area (Å²) in [7, 11) is 0. The molecular formula is C14H9F2N3O. The second-order valence-corrected chi connectivity index (χ2v) is 4.29. The minimum Gasteiger partial charge on any atom is -0.396 e. The van der Waals surface area contributed by atoms with Crippen molar-refractivity contribution in [2.24, 2.45) is 0 Å². The highest BCUT2D eigenvalue weighted by Crippen LogP contribution is 2.23. The number of ketones is 1. The van der Waals surface area contributed by atoms with Gasteiger partial charge in [0, 0.05) is 17.1 Å². The number of aromatic nitrogens is 2. The van der Waals surface area contributed by atoms with Gasteiger partial charge in [-0.3, -0.25) is 4.79 Å². The predicted molar refractivity (Wildman–Crippen MR) is 70.3 cm³/mol. The first-order valence-electron chi connectivity index (χ1n) is 5.79. The Kier molecular flexibility index (Phi) is 2.71. The zero-order valence-electron chi connectivity index (χ0n) is 10.2. The quantitative estimate of drug-likeness (QED) is 0.557. The Morgan fingerprint density at radius 1 is 1.25 bits per heavy atom. The number of H-pyrrole nitrogens is 1. The molecule has 0 radical (unpaired) electrons. The van der Waals surface area contributed by atoms with Crippen LogP contribution < -0.4 is 5.73 Å². The summed E-state index contributed by atoms with van der Waals surface area (Å²) >= 11 is 0. The van der Waals surface area contributed by atoms with Crippen LogP contribution in [0, 0.1) is 11.6 Å². The number of carbonyl (C=O) groups excluding carboxylic acids is 1. The van der Waals surface area contributed by atoms with Gasteiger partial charge in [0.25, 0.3) is 0 Å². The third-order valence-electron chi connectivity index (χ3n) is 3.02. The average molecular weight is 273 g/mol. The van der Waals surface area contributed by atoms with Gasteiger partial charge in [-0.05, 0) is 18.2 Å². The Balaban J connectivity index is 2.18. The molecule has 2 heterocycles. The minimum atomic E-state index is -0.781. The number of pyridine rings is 1. The highest BCUT2D eigenvalue weighted by Gasteiger charge is 2.19. The molecule has 20 heavy (non-hydrogen) atoms. The fourth-order valence-electron chi connectivity index (χ4n) is 2.04. The molecule has 0 amide bonds. The standard InChI is InChI=1S/C14H9F2N3O/c15-7-4-9-10(6-19-14(9)18-5-7)13(20)8-2-1-3-11(17)12(8)16/h1-6H,17H2,(H,18,19). The van der Waals surface area contributed by atoms with Crippen LogP contribution in [0.3, 0.4) is 0 Å². The van der Waals surface area contributed by atoms with Crippen molar-refractivity contribution in [3.63, 3.8) is 0 Å². The third-order valence-corrected chi connectivity index (χ3v) is 3.02. The number of nitrogen functional groups attached to an aromatic ring is 1. The maximum absolute atomic E-state index is 13.9. The fraction of sp³-hybridized carbons (Fsp3) is 0. The largest absolute Gasteiger partial charge is 0.396 e. The van der Waals surface area contributed by atoms with Crippen molar-refractivity contribution in [2.45, 2.75) is 0 Å². The maximum atomic E-state index is 13.9. The lowest BCUT2D eigenvalue weighted by Gasteiger charge is -2.03. The molecule has 3 rings (SSSR count). The molecule has 0 unspecified atom stereocenters. The van der Waals surface area contributed by atoms with Gasteiger partial charge < -0.3 is 10.7 Å². The number of carbonyl (C=O) groups is 1. The topological polar surface area (TPSA) is 71.8 Å². The summed E-state index contributed by atoms with van der Waals surface area (Å²) in [6.07, 6.45) is 2.41. The molecule has 3 N–H and O–H groups in total. The molecule has 0 aliphatic heterocycles. The molecular weight excluding hydrogens is 264 g/mol. The summed E-state index contributed by atoms with van der Waals surface area (Å²) in [5.41, 5.74) is 5.68. The Morgan fingerprint density at radius 3 is 2.85 bits per heavy atom. The number of aromatic amines is 1. The van der Waals surface area contributed by atoms with Crippen LogP contribution in [0.1, 0.15) is 15.9 Å². The summed E-state index contributed by atoms with van der Waals surface area (Å²) in [6, 6.07) is 5.36. The van der Waals surface area contributed by atoms with E-state index < -0.39 is 17.4 Å². The van der Waals surface area contributed by atoms with Crippen LogP contribution in [0.5, 0.6) is 0 Å². The highest BCUT2D eigenvalue weighted by atomic mass is 19.1. The average Bonchev–Trinajstić information content (AvgIpc) is 2.84. The molecule has 100 valence electrons. The van der Waals surface area contributed by atoms with Crippen LogP contribution in [0.2, 0.25) is 0 Å². The van der Waals surface area contributed by atoms with Gasteiger partial charge in [0.15, 0.2) is 11.6 Å². The van der Waals surface area contributed by atoms with Crippen LogP contribution in [-0.4, -0.2) is 15.8 Å². The monoisotopic (exact) mass is 273 g/mol. The highest BCUT2D eigenvalue weighted by molar-refractivity contribution is 6.16. The summed E-state index contributed by atoms with van der Waals surface area (Å²) in [6.45, 7) is 0. The van der Waals surface area contributed by atoms with Gasteiger partial charge in [0.05, 0.1) is 17.4 Å². The Labute approximate surface area is 112 Å². The molecule has 0 aliphatic rings. The number of benzene rings is 1. The van der Waals surface area contributed by atoms with E-state index in [0.717, 1.165) is 6.20 Å². The Bertz CT molecular complexity index is 826. The van der Waals surface area contributed by atoms with Crippen molar-refractivity contribution in [1.29, 1.82) is 0 Å². The van der Waals surface area contributed by atoms with E-state index in [1.54, 1.807) is 0 Å². The molecule has 6 heteroatoms. The first-order chi connectivity index (χ1) is 9.58. The summed E-state index contributed by atoms with van der Waals surface area (Å²) in [5, 5.41) is 0.303. The number of anilines is 1. The van der Waals surface area contributed by atoms with Crippen molar-refractivity contribution in [2.75, 3.05) is 5.73 Å². The number of halogens is 2. The van der Waals surface area contributed by atoms with Gasteiger partial charge in [-0.2, -0.15) is 0 Å². The number of nitrogens with two attached hydrogens (primary N) is 1. The van der Waals surface area contributed by atoms with Crippen LogP contribution in [0.25, 0.3) is 11.0 Å². The lowest BCUT2D eigenvalue weighted by molar-refractivity contribution is 0.103. The van der Waals surface area contributed by atoms with Crippen LogP contribution in [-0.2, 0) is 0 Å². The number of hydrogen-bond donors (Lipinski definition) is 2. The molecule has 1 aromatic carbocycles. The van der Waals surface area contributed by atoms with Crippen molar-refractivity contribution >= 4 is 22.5 Å². The van der Waals surface area contributed by atoms with E-state index in [1.807, 2.05) is 0 Å². The SMILES string of the molecule is Nc1cccc(C(=O)c2c[nH]c3ncc(F)cc23)c1F. The maximum Gasteiger partial charge on any atom is 0.198 e. The van der Waals surface area contributed by atoms with E-state index in [-0.39, 0.29) is 16.8 Å². The second kappa shape index (κ2) is 4.41. The first-order valence-corrected chi connectivity index (χ1v) is 5.79. The van der Waals surface area contributed by atoms with Gasteiger partial charge >= 0.3 is 0 Å². The van der Waals surface area contributed by atoms with Crippen molar-refractivity contribution in [1.82, 2.24) is 9.97 Å². The van der Waals surface area contributed by atoms with Gasteiger partial charge in [-0.15, -0.1) is 0 Å². The number of nitrogens with one attached hydrogen (secondary N) is 1. The lowest BCUT2D eigenvalue weighted by atomic mass is 10.0. The zero-order chi connectivity index (χ0) is 14.3. The molecule has 3 aromatic rings. The number of hydrogen-bond acceptors (Lipinski definition) is 3. The van der Waals surface area contributed by atoms with Crippen molar-refractivity contribution in [3.05, 3.63) is 59.4 Å². The van der Waals surface area contributed by atoms with E-state index in [1.165, 1.54) is 30.5 Å². The third kappa shape index (κ3) is 1.82. The number of rotatable bonds is 2. The van der Waals surface area contributed by atoms with E-state index in [9.17, 15) is 13.6 Å². The van der Waals surface area contributed by atoms with Crippen molar-refractivity contribution in [3.8, 4) is 0 Å². The second-order valence-electron chi connectivity index (χ2n) is 4.29. The van der Waals surface area contributed by atoms with Crippen LogP contribution in [0.15, 0.2) is 36.7 Å². The van der Waals surface area contributed by atoms with E-state index in [2.05, 4.69) is 9.97 Å². The lowest BCUT2D eigenvalue weighted by Crippen LogP contribution is -2.06. The molecule has 0 spiro atoms. The summed E-state index contributed by atoms with van der Waals surface area (Å²) in [5.74, 6) is -1.93. The zero-order valence-corrected chi connectivity index (χ0v) is 10.2. The molecule has 0 saturated heterocycles. The Morgan fingerprint density at radius 2 is 2.05 bits per heavy atom. The molecule has 0 atom stereocenters. The van der Waals surface area contributed by atoms with E-state index >= 15 is 0 Å². The smallest absolute Gasteiger partial charge is 0.198 e. The molecule has 0 saturated carbocycles. The summed E-state index contributed by atoms with van der Waals surface area (Å²) < 4.78 is 27.1. The predicted octanol–water partition coefficient (Wildman–Crippen LogP) is 2.65. The van der Waals surface area contributed by atoms with Crippen molar-refractivity contribution < 1.29 is 13.6 Å². The Hall–Kier alpha value is -2.76. The minimum absolute atomic E-state index is 0.111. The number of nitrogens with zero attached hydrogens (tertiary/aromatic N) is 1. The van der Waals surface area contributed by atoms with E-state index in [4.69, 9.17) is 5.73 Å². The van der Waals surface area contributed by atoms with Gasteiger partial charge in [0.1, 0.15) is 11.5 Å². The van der Waals surface area contributed by atoms with E-state index in [0.29, 0.717) is 11.0 Å². The first kappa shape index (κ1) is 12.3. The number of fused-ring (bicyclic) bond motifs is 1. The van der Waals surface area contributed by atoms with Gasteiger partial charge in [-0.1, -0.05) is 6.07 Å².